The van der Waals surface area contributed by atoms with Gasteiger partial charge in [0.25, 0.3) is 0 Å². The van der Waals surface area contributed by atoms with E-state index < -0.39 is 33.9 Å². The van der Waals surface area contributed by atoms with Crippen LogP contribution in [-0.2, 0) is 9.84 Å². The van der Waals surface area contributed by atoms with E-state index in [4.69, 9.17) is 4.74 Å². The number of methoxy groups -OCH3 is 1. The van der Waals surface area contributed by atoms with Crippen LogP contribution in [0.15, 0.2) is 45.8 Å². The van der Waals surface area contributed by atoms with Gasteiger partial charge in [-0.05, 0) is 59.5 Å². The zero-order valence-corrected chi connectivity index (χ0v) is 18.4. The minimum atomic E-state index is -3.78. The number of anilines is 2. The van der Waals surface area contributed by atoms with E-state index in [2.05, 4.69) is 15.9 Å². The third-order valence-electron chi connectivity index (χ3n) is 4.87. The largest absolute Gasteiger partial charge is 0.496 e. The maximum Gasteiger partial charge on any atom is 0.245 e. The van der Waals surface area contributed by atoms with Gasteiger partial charge < -0.3 is 9.64 Å². The van der Waals surface area contributed by atoms with E-state index in [0.29, 0.717) is 21.6 Å². The van der Waals surface area contributed by atoms with Gasteiger partial charge in [-0.25, -0.2) is 21.6 Å². The minimum absolute atomic E-state index is 0.0286. The zero-order chi connectivity index (χ0) is 21.4. The third-order valence-corrected chi connectivity index (χ3v) is 7.39. The first-order valence-corrected chi connectivity index (χ1v) is 11.5. The fourth-order valence-electron chi connectivity index (χ4n) is 3.47. The van der Waals surface area contributed by atoms with Crippen LogP contribution in [-0.4, -0.2) is 33.7 Å². The number of alkyl halides is 2. The normalized spacial score (nSPS) is 18.8. The Morgan fingerprint density at radius 3 is 2.62 bits per heavy atom. The first kappa shape index (κ1) is 22.0. The van der Waals surface area contributed by atoms with Gasteiger partial charge in [0.2, 0.25) is 5.92 Å². The molecule has 1 aliphatic heterocycles. The molecule has 4 nitrogen and oxygen atoms in total. The summed E-state index contributed by atoms with van der Waals surface area (Å²) < 4.78 is 72.7. The van der Waals surface area contributed by atoms with Crippen LogP contribution >= 0.6 is 15.9 Å². The van der Waals surface area contributed by atoms with Crippen LogP contribution < -0.4 is 9.64 Å². The van der Waals surface area contributed by atoms with Crippen LogP contribution in [0.5, 0.6) is 5.75 Å². The Morgan fingerprint density at radius 2 is 2.00 bits per heavy atom. The Bertz CT molecular complexity index is 1010. The SMILES string of the molecule is COc1cc2c(cc1Br)N(c1cccc(F)c1)CC(CCC(C)(F)F)CS2(=O)=O. The van der Waals surface area contributed by atoms with Crippen LogP contribution in [0, 0.1) is 11.7 Å². The van der Waals surface area contributed by atoms with E-state index in [1.807, 2.05) is 0 Å². The van der Waals surface area contributed by atoms with Gasteiger partial charge in [-0.15, -0.1) is 0 Å². The minimum Gasteiger partial charge on any atom is -0.496 e. The maximum atomic E-state index is 13.9. The van der Waals surface area contributed by atoms with E-state index in [9.17, 15) is 21.6 Å². The number of fused-ring (bicyclic) bond motifs is 1. The van der Waals surface area contributed by atoms with Crippen molar-refractivity contribution in [3.05, 3.63) is 46.7 Å². The van der Waals surface area contributed by atoms with Gasteiger partial charge in [0.05, 0.1) is 27.9 Å². The lowest BCUT2D eigenvalue weighted by atomic mass is 10.0. The molecule has 0 radical (unpaired) electrons. The lowest BCUT2D eigenvalue weighted by Gasteiger charge is -2.28. The number of ether oxygens (including phenoxy) is 1. The molecule has 0 aliphatic carbocycles. The summed E-state index contributed by atoms with van der Waals surface area (Å²) in [4.78, 5) is 1.71. The van der Waals surface area contributed by atoms with E-state index in [1.165, 1.54) is 31.4 Å². The number of sulfone groups is 1. The molecule has 1 atom stereocenters. The van der Waals surface area contributed by atoms with Crippen molar-refractivity contribution in [1.29, 1.82) is 0 Å². The highest BCUT2D eigenvalue weighted by atomic mass is 79.9. The van der Waals surface area contributed by atoms with Crippen molar-refractivity contribution in [1.82, 2.24) is 0 Å². The topological polar surface area (TPSA) is 46.6 Å². The van der Waals surface area contributed by atoms with Crippen LogP contribution in [0.4, 0.5) is 24.5 Å². The standard InChI is InChI=1S/C20H21BrF3NO3S/c1-20(23,24)7-6-13-11-25(15-5-3-4-14(22)8-15)17-9-16(21)18(28-2)10-19(17)29(26,27)12-13/h3-5,8-10,13H,6-7,11-12H2,1-2H3. The average Bonchev–Trinajstić information content (AvgIpc) is 2.72. The molecule has 2 aromatic rings. The molecule has 0 N–H and O–H groups in total. The highest BCUT2D eigenvalue weighted by Gasteiger charge is 2.35. The molecule has 3 rings (SSSR count). The van der Waals surface area contributed by atoms with Gasteiger partial charge in [0.1, 0.15) is 11.6 Å². The van der Waals surface area contributed by atoms with E-state index in [-0.39, 0.29) is 23.6 Å². The summed E-state index contributed by atoms with van der Waals surface area (Å²) in [6, 6.07) is 8.79. The van der Waals surface area contributed by atoms with Gasteiger partial charge in [-0.2, -0.15) is 0 Å². The fraction of sp³-hybridized carbons (Fsp3) is 0.400. The molecule has 2 aromatic carbocycles. The predicted molar refractivity (Wildman–Crippen MR) is 109 cm³/mol. The molecule has 1 unspecified atom stereocenters. The highest BCUT2D eigenvalue weighted by molar-refractivity contribution is 9.10. The van der Waals surface area contributed by atoms with Gasteiger partial charge in [-0.1, -0.05) is 6.07 Å². The third kappa shape index (κ3) is 5.06. The molecule has 0 saturated heterocycles. The van der Waals surface area contributed by atoms with Crippen molar-refractivity contribution in [3.63, 3.8) is 0 Å². The van der Waals surface area contributed by atoms with Gasteiger partial charge in [-0.3, -0.25) is 0 Å². The summed E-state index contributed by atoms with van der Waals surface area (Å²) in [5, 5.41) is 0. The molecule has 0 bridgehead atoms. The molecule has 0 spiro atoms. The second-order valence-electron chi connectivity index (χ2n) is 7.30. The Balaban J connectivity index is 2.14. The van der Waals surface area contributed by atoms with Gasteiger partial charge in [0, 0.05) is 24.7 Å². The van der Waals surface area contributed by atoms with E-state index >= 15 is 0 Å². The lowest BCUT2D eigenvalue weighted by Crippen LogP contribution is -2.27. The Labute approximate surface area is 176 Å². The number of rotatable bonds is 5. The molecule has 1 aliphatic rings. The molecule has 0 saturated carbocycles. The molecule has 0 aromatic heterocycles. The molecule has 29 heavy (non-hydrogen) atoms. The number of hydrogen-bond donors (Lipinski definition) is 0. The van der Waals surface area contributed by atoms with Crippen molar-refractivity contribution in [2.45, 2.75) is 30.6 Å². The monoisotopic (exact) mass is 491 g/mol. The second kappa shape index (κ2) is 8.18. The van der Waals surface area contributed by atoms with Crippen molar-refractivity contribution >= 4 is 37.1 Å². The van der Waals surface area contributed by atoms with Crippen LogP contribution in [0.1, 0.15) is 19.8 Å². The molecule has 0 fully saturated rings. The summed E-state index contributed by atoms with van der Waals surface area (Å²) in [6.45, 7) is 0.990. The summed E-state index contributed by atoms with van der Waals surface area (Å²) in [5.41, 5.74) is 0.808. The fourth-order valence-corrected chi connectivity index (χ4v) is 5.81. The maximum absolute atomic E-state index is 13.9. The molecular formula is C20H21BrF3NO3S. The van der Waals surface area contributed by atoms with Crippen LogP contribution in [0.2, 0.25) is 0 Å². The lowest BCUT2D eigenvalue weighted by molar-refractivity contribution is 0.00765. The van der Waals surface area contributed by atoms with E-state index in [0.717, 1.165) is 6.92 Å². The Morgan fingerprint density at radius 1 is 1.28 bits per heavy atom. The first-order chi connectivity index (χ1) is 13.5. The van der Waals surface area contributed by atoms with Crippen LogP contribution in [0.3, 0.4) is 0 Å². The smallest absolute Gasteiger partial charge is 0.245 e. The Hall–Kier alpha value is -1.74. The van der Waals surface area contributed by atoms with E-state index in [1.54, 1.807) is 17.0 Å². The van der Waals surface area contributed by atoms with Crippen molar-refractivity contribution in [2.75, 3.05) is 24.3 Å². The quantitative estimate of drug-likeness (QED) is 0.548. The Kier molecular flexibility index (Phi) is 6.19. The average molecular weight is 492 g/mol. The predicted octanol–water partition coefficient (Wildman–Crippen LogP) is 5.57. The molecule has 9 heteroatoms. The number of benzene rings is 2. The summed E-state index contributed by atoms with van der Waals surface area (Å²) in [7, 11) is -2.35. The zero-order valence-electron chi connectivity index (χ0n) is 16.0. The summed E-state index contributed by atoms with van der Waals surface area (Å²) in [5.74, 6) is -3.84. The van der Waals surface area contributed by atoms with Crippen molar-refractivity contribution in [3.8, 4) is 5.75 Å². The van der Waals surface area contributed by atoms with Gasteiger partial charge in [0.15, 0.2) is 9.84 Å². The molecule has 1 heterocycles. The van der Waals surface area contributed by atoms with Gasteiger partial charge >= 0.3 is 0 Å². The van der Waals surface area contributed by atoms with Crippen molar-refractivity contribution in [2.24, 2.45) is 5.92 Å². The number of hydrogen-bond acceptors (Lipinski definition) is 4. The van der Waals surface area contributed by atoms with Crippen LogP contribution in [0.25, 0.3) is 0 Å². The second-order valence-corrected chi connectivity index (χ2v) is 10.2. The summed E-state index contributed by atoms with van der Waals surface area (Å²) >= 11 is 3.37. The number of halogens is 4. The molecule has 158 valence electrons. The molecule has 0 amide bonds. The highest BCUT2D eigenvalue weighted by Crippen LogP contribution is 2.42. The molecular weight excluding hydrogens is 471 g/mol. The van der Waals surface area contributed by atoms with Crippen molar-refractivity contribution < 1.29 is 26.3 Å². The number of nitrogens with zero attached hydrogens (tertiary/aromatic N) is 1. The summed E-state index contributed by atoms with van der Waals surface area (Å²) in [6.07, 6.45) is -0.394. The first-order valence-electron chi connectivity index (χ1n) is 9.01.